The van der Waals surface area contributed by atoms with E-state index in [1.807, 2.05) is 0 Å². The van der Waals surface area contributed by atoms with Crippen molar-refractivity contribution in [1.29, 1.82) is 0 Å². The first-order chi connectivity index (χ1) is 8.74. The summed E-state index contributed by atoms with van der Waals surface area (Å²) in [7, 11) is 0. The molecule has 2 nitrogen and oxygen atoms in total. The van der Waals surface area contributed by atoms with Crippen molar-refractivity contribution in [3.8, 4) is 0 Å². The molecule has 0 atom stereocenters. The van der Waals surface area contributed by atoms with Crippen LogP contribution >= 0.6 is 0 Å². The fraction of sp³-hybridized carbons (Fsp3) is 0.500. The molecule has 0 unspecified atom stereocenters. The van der Waals surface area contributed by atoms with Crippen molar-refractivity contribution < 1.29 is 9.47 Å². The Hall–Kier alpha value is -1.44. The van der Waals surface area contributed by atoms with Crippen molar-refractivity contribution in [1.82, 2.24) is 0 Å². The van der Waals surface area contributed by atoms with Gasteiger partial charge in [0.1, 0.15) is 13.2 Å². The molecule has 0 aromatic rings. The van der Waals surface area contributed by atoms with Crippen molar-refractivity contribution in [2.24, 2.45) is 0 Å². The molecular weight excluding hydrogens is 224 g/mol. The normalized spacial score (nSPS) is 19.4. The van der Waals surface area contributed by atoms with Gasteiger partial charge in [0.05, 0.1) is 11.5 Å². The van der Waals surface area contributed by atoms with E-state index < -0.39 is 0 Å². The van der Waals surface area contributed by atoms with Crippen LogP contribution in [0.25, 0.3) is 0 Å². The van der Waals surface area contributed by atoms with Gasteiger partial charge in [-0.05, 0) is 38.8 Å². The van der Waals surface area contributed by atoms with E-state index in [2.05, 4.69) is 38.2 Å². The zero-order valence-corrected chi connectivity index (χ0v) is 11.4. The van der Waals surface area contributed by atoms with E-state index in [0.29, 0.717) is 13.2 Å². The molecule has 2 heteroatoms. The monoisotopic (exact) mass is 246 g/mol. The molecule has 0 saturated heterocycles. The Morgan fingerprint density at radius 2 is 1.17 bits per heavy atom. The average Bonchev–Trinajstić information content (AvgIpc) is 2.39. The van der Waals surface area contributed by atoms with Crippen LogP contribution in [0.2, 0.25) is 0 Å². The Balaban J connectivity index is 1.65. The number of ether oxygens (including phenoxy) is 2. The Kier molecular flexibility index (Phi) is 4.68. The first-order valence-electron chi connectivity index (χ1n) is 6.72. The first kappa shape index (κ1) is 13.0. The molecule has 2 rings (SSSR count). The fourth-order valence-electron chi connectivity index (χ4n) is 2.03. The number of rotatable bonds is 5. The van der Waals surface area contributed by atoms with Crippen LogP contribution in [0.4, 0.5) is 0 Å². The van der Waals surface area contributed by atoms with Gasteiger partial charge in [-0.2, -0.15) is 0 Å². The summed E-state index contributed by atoms with van der Waals surface area (Å²) in [4.78, 5) is 0. The lowest BCUT2D eigenvalue weighted by atomic mass is 10.1. The Morgan fingerprint density at radius 3 is 1.50 bits per heavy atom. The SMILES string of the molecule is CC1=CC=C(OCCOC2=CC=C(C)CC2)CC1. The molecule has 0 spiro atoms. The van der Waals surface area contributed by atoms with Crippen molar-refractivity contribution in [2.45, 2.75) is 39.5 Å². The summed E-state index contributed by atoms with van der Waals surface area (Å²) in [5.41, 5.74) is 2.85. The van der Waals surface area contributed by atoms with Crippen LogP contribution in [0.15, 0.2) is 47.0 Å². The minimum absolute atomic E-state index is 0.638. The van der Waals surface area contributed by atoms with Crippen molar-refractivity contribution >= 4 is 0 Å². The zero-order valence-electron chi connectivity index (χ0n) is 11.4. The third kappa shape index (κ3) is 4.10. The van der Waals surface area contributed by atoms with Crippen LogP contribution in [-0.4, -0.2) is 13.2 Å². The third-order valence-corrected chi connectivity index (χ3v) is 3.30. The minimum Gasteiger partial charge on any atom is -0.494 e. The maximum absolute atomic E-state index is 5.69. The highest BCUT2D eigenvalue weighted by Gasteiger charge is 2.06. The first-order valence-corrected chi connectivity index (χ1v) is 6.72. The van der Waals surface area contributed by atoms with Crippen LogP contribution in [0, 0.1) is 0 Å². The molecule has 0 saturated carbocycles. The largest absolute Gasteiger partial charge is 0.494 e. The zero-order chi connectivity index (χ0) is 12.8. The predicted octanol–water partition coefficient (Wildman–Crippen LogP) is 4.27. The highest BCUT2D eigenvalue weighted by atomic mass is 16.5. The number of allylic oxidation sites excluding steroid dienone is 8. The van der Waals surface area contributed by atoms with E-state index in [0.717, 1.165) is 37.2 Å². The summed E-state index contributed by atoms with van der Waals surface area (Å²) < 4.78 is 11.4. The van der Waals surface area contributed by atoms with E-state index in [1.54, 1.807) is 0 Å². The molecule has 0 aromatic heterocycles. The average molecular weight is 246 g/mol. The second kappa shape index (κ2) is 6.48. The van der Waals surface area contributed by atoms with E-state index in [9.17, 15) is 0 Å². The molecule has 0 amide bonds. The predicted molar refractivity (Wildman–Crippen MR) is 74.1 cm³/mol. The van der Waals surface area contributed by atoms with Gasteiger partial charge in [-0.25, -0.2) is 0 Å². The summed E-state index contributed by atoms with van der Waals surface area (Å²) in [5.74, 6) is 2.16. The molecule has 0 bridgehead atoms. The molecule has 0 aromatic carbocycles. The van der Waals surface area contributed by atoms with Crippen LogP contribution in [-0.2, 0) is 9.47 Å². The number of hydrogen-bond donors (Lipinski definition) is 0. The molecule has 0 heterocycles. The van der Waals surface area contributed by atoms with E-state index in [1.165, 1.54) is 11.1 Å². The fourth-order valence-corrected chi connectivity index (χ4v) is 2.03. The maximum Gasteiger partial charge on any atom is 0.122 e. The van der Waals surface area contributed by atoms with E-state index >= 15 is 0 Å². The molecule has 18 heavy (non-hydrogen) atoms. The van der Waals surface area contributed by atoms with Gasteiger partial charge in [-0.3, -0.25) is 0 Å². The van der Waals surface area contributed by atoms with Gasteiger partial charge in [0.15, 0.2) is 0 Å². The van der Waals surface area contributed by atoms with Gasteiger partial charge in [0.25, 0.3) is 0 Å². The minimum atomic E-state index is 0.638. The van der Waals surface area contributed by atoms with Crippen LogP contribution < -0.4 is 0 Å². The topological polar surface area (TPSA) is 18.5 Å². The smallest absolute Gasteiger partial charge is 0.122 e. The standard InChI is InChI=1S/C16H22O2/c1-13-3-7-15(8-4-13)17-11-12-18-16-9-5-14(2)6-10-16/h3,5,7,9H,4,6,8,10-12H2,1-2H3. The summed E-state index contributed by atoms with van der Waals surface area (Å²) in [6.45, 7) is 5.58. The molecule has 0 radical (unpaired) electrons. The molecular formula is C16H22O2. The Bertz CT molecular complexity index is 371. The van der Waals surface area contributed by atoms with Gasteiger partial charge in [-0.15, -0.1) is 0 Å². The molecule has 0 aliphatic heterocycles. The van der Waals surface area contributed by atoms with Crippen LogP contribution in [0.5, 0.6) is 0 Å². The van der Waals surface area contributed by atoms with Crippen LogP contribution in [0.1, 0.15) is 39.5 Å². The van der Waals surface area contributed by atoms with Gasteiger partial charge < -0.3 is 9.47 Å². The summed E-state index contributed by atoms with van der Waals surface area (Å²) in [6, 6.07) is 0. The third-order valence-electron chi connectivity index (χ3n) is 3.30. The van der Waals surface area contributed by atoms with E-state index in [-0.39, 0.29) is 0 Å². The maximum atomic E-state index is 5.69. The van der Waals surface area contributed by atoms with Gasteiger partial charge in [0, 0.05) is 12.8 Å². The molecule has 2 aliphatic carbocycles. The molecule has 98 valence electrons. The Labute approximate surface area is 110 Å². The highest BCUT2D eigenvalue weighted by Crippen LogP contribution is 2.20. The van der Waals surface area contributed by atoms with Gasteiger partial charge >= 0.3 is 0 Å². The molecule has 0 fully saturated rings. The lowest BCUT2D eigenvalue weighted by molar-refractivity contribution is 0.109. The van der Waals surface area contributed by atoms with Crippen molar-refractivity contribution in [2.75, 3.05) is 13.2 Å². The highest BCUT2D eigenvalue weighted by molar-refractivity contribution is 5.20. The van der Waals surface area contributed by atoms with Crippen molar-refractivity contribution in [3.05, 3.63) is 47.0 Å². The second-order valence-corrected chi connectivity index (χ2v) is 4.99. The molecule has 2 aliphatic rings. The Morgan fingerprint density at radius 1 is 0.722 bits per heavy atom. The summed E-state index contributed by atoms with van der Waals surface area (Å²) >= 11 is 0. The van der Waals surface area contributed by atoms with Gasteiger partial charge in [0.2, 0.25) is 0 Å². The summed E-state index contributed by atoms with van der Waals surface area (Å²) in [5, 5.41) is 0. The van der Waals surface area contributed by atoms with Gasteiger partial charge in [-0.1, -0.05) is 23.3 Å². The van der Waals surface area contributed by atoms with Crippen LogP contribution in [0.3, 0.4) is 0 Å². The molecule has 0 N–H and O–H groups in total. The second-order valence-electron chi connectivity index (χ2n) is 4.99. The van der Waals surface area contributed by atoms with Crippen molar-refractivity contribution in [3.63, 3.8) is 0 Å². The number of hydrogen-bond acceptors (Lipinski definition) is 2. The van der Waals surface area contributed by atoms with E-state index in [4.69, 9.17) is 9.47 Å². The lowest BCUT2D eigenvalue weighted by Crippen LogP contribution is -2.06. The summed E-state index contributed by atoms with van der Waals surface area (Å²) in [6.07, 6.45) is 12.7. The quantitative estimate of drug-likeness (QED) is 0.674. The lowest BCUT2D eigenvalue weighted by Gasteiger charge is -2.16.